The summed E-state index contributed by atoms with van der Waals surface area (Å²) in [6.45, 7) is 1.73. The quantitative estimate of drug-likeness (QED) is 0.735. The van der Waals surface area contributed by atoms with Crippen molar-refractivity contribution in [2.24, 2.45) is 0 Å². The van der Waals surface area contributed by atoms with Crippen LogP contribution in [0.2, 0.25) is 0 Å². The second-order valence-electron chi connectivity index (χ2n) is 6.44. The van der Waals surface area contributed by atoms with Crippen molar-refractivity contribution in [2.45, 2.75) is 6.42 Å². The number of anilines is 1. The number of hydrogen-bond donors (Lipinski definition) is 2. The van der Waals surface area contributed by atoms with Crippen LogP contribution in [0.25, 0.3) is 10.9 Å². The van der Waals surface area contributed by atoms with E-state index in [2.05, 4.69) is 15.6 Å². The van der Waals surface area contributed by atoms with Gasteiger partial charge in [-0.2, -0.15) is 0 Å². The molecule has 6 nitrogen and oxygen atoms in total. The van der Waals surface area contributed by atoms with E-state index in [0.717, 1.165) is 22.3 Å². The molecule has 1 saturated heterocycles. The van der Waals surface area contributed by atoms with Gasteiger partial charge in [0.2, 0.25) is 0 Å². The number of hydrogen-bond acceptors (Lipinski definition) is 3. The zero-order chi connectivity index (χ0) is 18.6. The number of nitrogens with zero attached hydrogens (tertiary/aromatic N) is 2. The van der Waals surface area contributed by atoms with Crippen LogP contribution in [0.3, 0.4) is 0 Å². The van der Waals surface area contributed by atoms with Crippen molar-refractivity contribution in [1.82, 2.24) is 15.6 Å². The maximum absolute atomic E-state index is 12.4. The number of carbonyl (C=O) groups is 2. The second-order valence-corrected chi connectivity index (χ2v) is 6.44. The number of nitrogens with one attached hydrogen (secondary N) is 2. The van der Waals surface area contributed by atoms with E-state index < -0.39 is 0 Å². The number of rotatable bonds is 5. The third-order valence-corrected chi connectivity index (χ3v) is 4.60. The van der Waals surface area contributed by atoms with Gasteiger partial charge < -0.3 is 10.6 Å². The first kappa shape index (κ1) is 17.0. The molecule has 1 fully saturated rings. The molecule has 1 aliphatic rings. The molecule has 0 unspecified atom stereocenters. The number of benzene rings is 2. The van der Waals surface area contributed by atoms with Crippen molar-refractivity contribution >= 4 is 28.5 Å². The Labute approximate surface area is 157 Å². The highest BCUT2D eigenvalue weighted by Gasteiger charge is 2.21. The summed E-state index contributed by atoms with van der Waals surface area (Å²) in [7, 11) is 0. The highest BCUT2D eigenvalue weighted by atomic mass is 16.2. The lowest BCUT2D eigenvalue weighted by atomic mass is 10.1. The summed E-state index contributed by atoms with van der Waals surface area (Å²) in [5, 5.41) is 6.79. The molecule has 1 aromatic heterocycles. The fourth-order valence-corrected chi connectivity index (χ4v) is 3.19. The van der Waals surface area contributed by atoms with Gasteiger partial charge in [0.25, 0.3) is 5.91 Å². The summed E-state index contributed by atoms with van der Waals surface area (Å²) in [6.07, 6.45) is 0.658. The van der Waals surface area contributed by atoms with E-state index in [9.17, 15) is 9.59 Å². The van der Waals surface area contributed by atoms with E-state index in [1.54, 1.807) is 23.1 Å². The topological polar surface area (TPSA) is 74.3 Å². The van der Waals surface area contributed by atoms with Gasteiger partial charge in [-0.3, -0.25) is 14.7 Å². The Kier molecular flexibility index (Phi) is 4.70. The average Bonchev–Trinajstić information content (AvgIpc) is 3.14. The summed E-state index contributed by atoms with van der Waals surface area (Å²) in [5.74, 6) is -0.155. The zero-order valence-electron chi connectivity index (χ0n) is 14.8. The second kappa shape index (κ2) is 7.45. The molecule has 0 aliphatic carbocycles. The lowest BCUT2D eigenvalue weighted by molar-refractivity contribution is 0.0954. The standard InChI is InChI=1S/C21H20N4O2/c26-20(16-5-3-6-18(14-16)25-13-12-23-21(25)27)22-11-10-17-9-8-15-4-1-2-7-19(15)24-17/h1-9,14H,10-13H2,(H,22,26)(H,23,27). The Balaban J connectivity index is 1.38. The van der Waals surface area contributed by atoms with Gasteiger partial charge in [-0.1, -0.05) is 30.3 Å². The third kappa shape index (κ3) is 3.74. The van der Waals surface area contributed by atoms with Crippen molar-refractivity contribution in [1.29, 1.82) is 0 Å². The number of para-hydroxylation sites is 1. The Morgan fingerprint density at radius 3 is 2.85 bits per heavy atom. The molecule has 136 valence electrons. The van der Waals surface area contributed by atoms with Crippen LogP contribution in [-0.2, 0) is 6.42 Å². The van der Waals surface area contributed by atoms with E-state index in [1.807, 2.05) is 42.5 Å². The van der Waals surface area contributed by atoms with Crippen molar-refractivity contribution < 1.29 is 9.59 Å². The Hall–Kier alpha value is -3.41. The first-order valence-electron chi connectivity index (χ1n) is 8.99. The van der Waals surface area contributed by atoms with Gasteiger partial charge in [-0.15, -0.1) is 0 Å². The predicted molar refractivity (Wildman–Crippen MR) is 105 cm³/mol. The Bertz CT molecular complexity index is 1000. The molecule has 2 heterocycles. The molecule has 0 bridgehead atoms. The third-order valence-electron chi connectivity index (χ3n) is 4.60. The molecule has 2 aromatic carbocycles. The van der Waals surface area contributed by atoms with Gasteiger partial charge in [-0.05, 0) is 30.3 Å². The van der Waals surface area contributed by atoms with Crippen molar-refractivity contribution in [3.63, 3.8) is 0 Å². The van der Waals surface area contributed by atoms with Crippen molar-refractivity contribution in [3.05, 3.63) is 71.9 Å². The van der Waals surface area contributed by atoms with Crippen LogP contribution in [0.1, 0.15) is 16.1 Å². The molecule has 3 aromatic rings. The van der Waals surface area contributed by atoms with Crippen LogP contribution >= 0.6 is 0 Å². The number of carbonyl (C=O) groups excluding carboxylic acids is 2. The molecule has 0 saturated carbocycles. The Morgan fingerprint density at radius 1 is 1.11 bits per heavy atom. The van der Waals surface area contributed by atoms with Crippen molar-refractivity contribution in [2.75, 3.05) is 24.5 Å². The fraction of sp³-hybridized carbons (Fsp3) is 0.190. The van der Waals surface area contributed by atoms with Gasteiger partial charge in [-0.25, -0.2) is 4.79 Å². The molecular weight excluding hydrogens is 340 g/mol. The predicted octanol–water partition coefficient (Wildman–Crippen LogP) is 2.74. The molecule has 2 N–H and O–H groups in total. The normalized spacial score (nSPS) is 13.6. The minimum atomic E-state index is -0.155. The summed E-state index contributed by atoms with van der Waals surface area (Å²) < 4.78 is 0. The molecule has 3 amide bonds. The largest absolute Gasteiger partial charge is 0.352 e. The van der Waals surface area contributed by atoms with E-state index in [1.165, 1.54) is 0 Å². The van der Waals surface area contributed by atoms with Crippen LogP contribution < -0.4 is 15.5 Å². The molecule has 0 atom stereocenters. The number of fused-ring (bicyclic) bond motifs is 1. The van der Waals surface area contributed by atoms with Crippen LogP contribution in [0, 0.1) is 0 Å². The molecular formula is C21H20N4O2. The SMILES string of the molecule is O=C(NCCc1ccc2ccccc2n1)c1cccc(N2CCNC2=O)c1. The molecule has 4 rings (SSSR count). The lowest BCUT2D eigenvalue weighted by Crippen LogP contribution is -2.29. The van der Waals surface area contributed by atoms with Crippen LogP contribution in [0.5, 0.6) is 0 Å². The smallest absolute Gasteiger partial charge is 0.321 e. The highest BCUT2D eigenvalue weighted by Crippen LogP contribution is 2.18. The van der Waals surface area contributed by atoms with E-state index in [4.69, 9.17) is 0 Å². The summed E-state index contributed by atoms with van der Waals surface area (Å²) in [5.41, 5.74) is 3.17. The number of aromatic nitrogens is 1. The van der Waals surface area contributed by atoms with E-state index >= 15 is 0 Å². The highest BCUT2D eigenvalue weighted by molar-refractivity contribution is 5.98. The monoisotopic (exact) mass is 360 g/mol. The number of urea groups is 1. The summed E-state index contributed by atoms with van der Waals surface area (Å²) in [6, 6.07) is 19.0. The molecule has 0 spiro atoms. The maximum atomic E-state index is 12.4. The average molecular weight is 360 g/mol. The Morgan fingerprint density at radius 2 is 2.00 bits per heavy atom. The zero-order valence-corrected chi connectivity index (χ0v) is 14.8. The van der Waals surface area contributed by atoms with Gasteiger partial charge >= 0.3 is 6.03 Å². The van der Waals surface area contributed by atoms with Crippen molar-refractivity contribution in [3.8, 4) is 0 Å². The van der Waals surface area contributed by atoms with Crippen LogP contribution in [0.15, 0.2) is 60.7 Å². The number of pyridine rings is 1. The summed E-state index contributed by atoms with van der Waals surface area (Å²) in [4.78, 5) is 30.5. The van der Waals surface area contributed by atoms with Crippen LogP contribution in [-0.4, -0.2) is 36.6 Å². The summed E-state index contributed by atoms with van der Waals surface area (Å²) >= 11 is 0. The first-order valence-corrected chi connectivity index (χ1v) is 8.99. The van der Waals surface area contributed by atoms with Crippen LogP contribution in [0.4, 0.5) is 10.5 Å². The molecule has 6 heteroatoms. The number of amides is 3. The van der Waals surface area contributed by atoms with Gasteiger partial charge in [0, 0.05) is 48.4 Å². The lowest BCUT2D eigenvalue weighted by Gasteiger charge is -2.15. The van der Waals surface area contributed by atoms with Gasteiger partial charge in [0.15, 0.2) is 0 Å². The fourth-order valence-electron chi connectivity index (χ4n) is 3.19. The van der Waals surface area contributed by atoms with E-state index in [0.29, 0.717) is 31.6 Å². The molecule has 1 aliphatic heterocycles. The van der Waals surface area contributed by atoms with E-state index in [-0.39, 0.29) is 11.9 Å². The minimum absolute atomic E-state index is 0.130. The first-order chi connectivity index (χ1) is 13.2. The van der Waals surface area contributed by atoms with Gasteiger partial charge in [0.05, 0.1) is 5.52 Å². The molecule has 27 heavy (non-hydrogen) atoms. The van der Waals surface area contributed by atoms with Gasteiger partial charge in [0.1, 0.15) is 0 Å². The molecule has 0 radical (unpaired) electrons. The maximum Gasteiger partial charge on any atom is 0.321 e. The minimum Gasteiger partial charge on any atom is -0.352 e.